The average molecular weight is 491 g/mol. The van der Waals surface area contributed by atoms with E-state index in [2.05, 4.69) is 70.3 Å². The number of benzene rings is 2. The van der Waals surface area contributed by atoms with Crippen LogP contribution in [0.2, 0.25) is 0 Å². The highest BCUT2D eigenvalue weighted by Crippen LogP contribution is 2.44. The number of aromatic amines is 1. The molecule has 5 rings (SSSR count). The van der Waals surface area contributed by atoms with Gasteiger partial charge in [-0.05, 0) is 60.5 Å². The monoisotopic (exact) mass is 490 g/mol. The van der Waals surface area contributed by atoms with Crippen molar-refractivity contribution in [3.63, 3.8) is 0 Å². The molecule has 3 heterocycles. The molecule has 7 heteroatoms. The third-order valence-corrected chi connectivity index (χ3v) is 8.29. The lowest BCUT2D eigenvalue weighted by molar-refractivity contribution is 0.0380. The van der Waals surface area contributed by atoms with Crippen molar-refractivity contribution >= 4 is 23.1 Å². The summed E-state index contributed by atoms with van der Waals surface area (Å²) in [6, 6.07) is 17.0. The minimum atomic E-state index is -0.0725. The number of pyridine rings is 1. The molecular weight excluding hydrogens is 456 g/mol. The number of anilines is 2. The number of morpholine rings is 1. The molecule has 184 valence electrons. The molecule has 1 atom stereocenters. The Balaban J connectivity index is 1.31. The molecule has 2 aliphatic heterocycles. The van der Waals surface area contributed by atoms with Gasteiger partial charge in [0, 0.05) is 59.6 Å². The SMILES string of the molecule is CCN(CC)CCNc1ccc2c(c1)Cc1cccc(C3CN(c4cc[nH]c(=O)c4)CCO3)c1S2. The number of nitrogens with zero attached hydrogens (tertiary/aromatic N) is 2. The van der Waals surface area contributed by atoms with E-state index in [1.807, 2.05) is 17.8 Å². The number of H-pyrrole nitrogens is 1. The van der Waals surface area contributed by atoms with Gasteiger partial charge in [-0.3, -0.25) is 4.79 Å². The van der Waals surface area contributed by atoms with Crippen LogP contribution >= 0.6 is 11.8 Å². The van der Waals surface area contributed by atoms with Gasteiger partial charge in [0.15, 0.2) is 0 Å². The smallest absolute Gasteiger partial charge is 0.249 e. The molecule has 3 aromatic rings. The van der Waals surface area contributed by atoms with Gasteiger partial charge in [0.25, 0.3) is 0 Å². The Bertz CT molecular complexity index is 1220. The summed E-state index contributed by atoms with van der Waals surface area (Å²) in [7, 11) is 0. The van der Waals surface area contributed by atoms with Crippen LogP contribution in [0.5, 0.6) is 0 Å². The van der Waals surface area contributed by atoms with E-state index < -0.39 is 0 Å². The van der Waals surface area contributed by atoms with Crippen LogP contribution in [0, 0.1) is 0 Å². The Labute approximate surface area is 211 Å². The number of nitrogens with one attached hydrogen (secondary N) is 2. The lowest BCUT2D eigenvalue weighted by Gasteiger charge is -2.36. The van der Waals surface area contributed by atoms with Crippen molar-refractivity contribution in [1.29, 1.82) is 0 Å². The lowest BCUT2D eigenvalue weighted by atomic mass is 9.98. The van der Waals surface area contributed by atoms with Gasteiger partial charge in [0.2, 0.25) is 5.56 Å². The van der Waals surface area contributed by atoms with E-state index >= 15 is 0 Å². The van der Waals surface area contributed by atoms with E-state index in [0.29, 0.717) is 6.61 Å². The average Bonchev–Trinajstić information content (AvgIpc) is 2.89. The zero-order chi connectivity index (χ0) is 24.2. The molecule has 2 N–H and O–H groups in total. The fourth-order valence-electron chi connectivity index (χ4n) is 4.96. The predicted octanol–water partition coefficient (Wildman–Crippen LogP) is 4.76. The Kier molecular flexibility index (Phi) is 7.46. The number of rotatable bonds is 8. The van der Waals surface area contributed by atoms with Crippen molar-refractivity contribution in [2.75, 3.05) is 56.1 Å². The fraction of sp³-hybridized carbons (Fsp3) is 0.393. The number of hydrogen-bond acceptors (Lipinski definition) is 6. The van der Waals surface area contributed by atoms with E-state index in [4.69, 9.17) is 4.74 Å². The van der Waals surface area contributed by atoms with Crippen molar-refractivity contribution in [1.82, 2.24) is 9.88 Å². The highest BCUT2D eigenvalue weighted by Gasteiger charge is 2.28. The van der Waals surface area contributed by atoms with Crippen molar-refractivity contribution < 1.29 is 4.74 Å². The first-order valence-corrected chi connectivity index (χ1v) is 13.4. The van der Waals surface area contributed by atoms with Crippen LogP contribution in [0.25, 0.3) is 0 Å². The topological polar surface area (TPSA) is 60.6 Å². The van der Waals surface area contributed by atoms with Crippen LogP contribution in [0.15, 0.2) is 69.3 Å². The van der Waals surface area contributed by atoms with E-state index in [0.717, 1.165) is 51.4 Å². The number of ether oxygens (including phenoxy) is 1. The molecule has 0 saturated carbocycles. The number of fused-ring (bicyclic) bond motifs is 2. The summed E-state index contributed by atoms with van der Waals surface area (Å²) >= 11 is 1.86. The Morgan fingerprint density at radius 1 is 1.14 bits per heavy atom. The van der Waals surface area contributed by atoms with Crippen LogP contribution < -0.4 is 15.8 Å². The predicted molar refractivity (Wildman–Crippen MR) is 144 cm³/mol. The first-order chi connectivity index (χ1) is 17.1. The zero-order valence-electron chi connectivity index (χ0n) is 20.5. The summed E-state index contributed by atoms with van der Waals surface area (Å²) in [6.45, 7) is 10.8. The van der Waals surface area contributed by atoms with E-state index in [1.165, 1.54) is 32.2 Å². The van der Waals surface area contributed by atoms with Crippen molar-refractivity contribution in [3.05, 3.63) is 81.8 Å². The third-order valence-electron chi connectivity index (χ3n) is 6.97. The largest absolute Gasteiger partial charge is 0.384 e. The summed E-state index contributed by atoms with van der Waals surface area (Å²) in [6.07, 6.45) is 2.63. The zero-order valence-corrected chi connectivity index (χ0v) is 21.4. The van der Waals surface area contributed by atoms with Gasteiger partial charge < -0.3 is 24.8 Å². The number of likely N-dealkylation sites (N-methyl/N-ethyl adjacent to an activating group) is 1. The first kappa shape index (κ1) is 24.0. The second-order valence-electron chi connectivity index (χ2n) is 9.11. The maximum Gasteiger partial charge on any atom is 0.249 e. The molecule has 1 fully saturated rings. The summed E-state index contributed by atoms with van der Waals surface area (Å²) in [5.41, 5.74) is 6.05. The van der Waals surface area contributed by atoms with Crippen molar-refractivity contribution in [3.8, 4) is 0 Å². The number of hydrogen-bond donors (Lipinski definition) is 2. The molecule has 1 saturated heterocycles. The van der Waals surface area contributed by atoms with Crippen LogP contribution in [0.4, 0.5) is 11.4 Å². The van der Waals surface area contributed by atoms with Gasteiger partial charge in [0.1, 0.15) is 6.10 Å². The maximum atomic E-state index is 11.8. The van der Waals surface area contributed by atoms with Gasteiger partial charge >= 0.3 is 0 Å². The maximum absolute atomic E-state index is 11.8. The molecule has 6 nitrogen and oxygen atoms in total. The van der Waals surface area contributed by atoms with Crippen LogP contribution in [0.3, 0.4) is 0 Å². The molecule has 1 aromatic heterocycles. The summed E-state index contributed by atoms with van der Waals surface area (Å²) in [5, 5.41) is 3.60. The van der Waals surface area contributed by atoms with Gasteiger partial charge in [0.05, 0.1) is 6.61 Å². The lowest BCUT2D eigenvalue weighted by Crippen LogP contribution is -2.39. The standard InChI is InChI=1S/C28H34N4O2S/c1-3-31(4-2)13-12-29-22-8-9-26-21(17-22)16-20-6-5-7-24(28(20)35-26)25-19-32(14-15-34-25)23-10-11-30-27(33)18-23/h5-11,17-18,25,29H,3-4,12-16,19H2,1-2H3,(H,30,33). The van der Waals surface area contributed by atoms with Crippen LogP contribution in [-0.4, -0.2) is 55.8 Å². The highest BCUT2D eigenvalue weighted by atomic mass is 32.2. The van der Waals surface area contributed by atoms with Crippen molar-refractivity contribution in [2.45, 2.75) is 36.2 Å². The molecule has 0 bridgehead atoms. The molecule has 2 aliphatic rings. The molecular formula is C28H34N4O2S. The van der Waals surface area contributed by atoms with Gasteiger partial charge in [-0.25, -0.2) is 0 Å². The highest BCUT2D eigenvalue weighted by molar-refractivity contribution is 7.99. The molecule has 35 heavy (non-hydrogen) atoms. The third kappa shape index (κ3) is 5.42. The van der Waals surface area contributed by atoms with E-state index in [9.17, 15) is 4.79 Å². The quantitative estimate of drug-likeness (QED) is 0.371. The minimum Gasteiger partial charge on any atom is -0.384 e. The molecule has 0 amide bonds. The Hall–Kier alpha value is -2.74. The molecule has 0 radical (unpaired) electrons. The molecule has 2 aromatic carbocycles. The van der Waals surface area contributed by atoms with Gasteiger partial charge in [-0.2, -0.15) is 0 Å². The number of aromatic nitrogens is 1. The second-order valence-corrected chi connectivity index (χ2v) is 10.2. The second kappa shape index (κ2) is 10.9. The van der Waals surface area contributed by atoms with E-state index in [1.54, 1.807) is 12.3 Å². The molecule has 0 spiro atoms. The van der Waals surface area contributed by atoms with Gasteiger partial charge in [-0.1, -0.05) is 43.8 Å². The Morgan fingerprint density at radius 2 is 2.03 bits per heavy atom. The van der Waals surface area contributed by atoms with Crippen LogP contribution in [0.1, 0.15) is 36.6 Å². The summed E-state index contributed by atoms with van der Waals surface area (Å²) in [4.78, 5) is 21.8. The molecule has 1 unspecified atom stereocenters. The molecule has 0 aliphatic carbocycles. The Morgan fingerprint density at radius 3 is 2.86 bits per heavy atom. The van der Waals surface area contributed by atoms with Crippen molar-refractivity contribution in [2.24, 2.45) is 0 Å². The van der Waals surface area contributed by atoms with Gasteiger partial charge in [-0.15, -0.1) is 0 Å². The summed E-state index contributed by atoms with van der Waals surface area (Å²) < 4.78 is 6.25. The summed E-state index contributed by atoms with van der Waals surface area (Å²) in [5.74, 6) is 0. The fourth-order valence-corrected chi connectivity index (χ4v) is 6.17. The minimum absolute atomic E-state index is 0.0203. The van der Waals surface area contributed by atoms with Crippen LogP contribution in [-0.2, 0) is 11.2 Å². The normalized spacial score (nSPS) is 17.2. The first-order valence-electron chi connectivity index (χ1n) is 12.6. The van der Waals surface area contributed by atoms with E-state index in [-0.39, 0.29) is 11.7 Å².